The summed E-state index contributed by atoms with van der Waals surface area (Å²) in [4.78, 5) is 11.7. The molecule has 0 radical (unpaired) electrons. The highest BCUT2D eigenvalue weighted by atomic mass is 79.9. The van der Waals surface area contributed by atoms with E-state index in [-0.39, 0.29) is 5.69 Å². The summed E-state index contributed by atoms with van der Waals surface area (Å²) in [6, 6.07) is 0. The van der Waals surface area contributed by atoms with Gasteiger partial charge in [-0.3, -0.25) is 9.13 Å². The van der Waals surface area contributed by atoms with E-state index in [1.165, 1.54) is 12.8 Å². The van der Waals surface area contributed by atoms with Crippen LogP contribution in [0.4, 0.5) is 0 Å². The Morgan fingerprint density at radius 2 is 2.07 bits per heavy atom. The quantitative estimate of drug-likeness (QED) is 0.758. The van der Waals surface area contributed by atoms with Crippen molar-refractivity contribution in [2.45, 2.75) is 32.9 Å². The summed E-state index contributed by atoms with van der Waals surface area (Å²) >= 11 is 3.52. The molecule has 0 aromatic carbocycles. The third kappa shape index (κ3) is 1.67. The minimum Gasteiger partial charge on any atom is -0.300 e. The van der Waals surface area contributed by atoms with Gasteiger partial charge in [-0.1, -0.05) is 15.9 Å². The fourth-order valence-electron chi connectivity index (χ4n) is 1.69. The van der Waals surface area contributed by atoms with Crippen LogP contribution in [0.15, 0.2) is 17.2 Å². The molecule has 1 saturated carbocycles. The van der Waals surface area contributed by atoms with Crippen LogP contribution < -0.4 is 5.69 Å². The molecule has 0 atom stereocenters. The van der Waals surface area contributed by atoms with Crippen LogP contribution >= 0.6 is 15.9 Å². The Hall–Kier alpha value is -0.510. The number of halogens is 1. The second-order valence-corrected chi connectivity index (χ2v) is 4.69. The van der Waals surface area contributed by atoms with Crippen molar-refractivity contribution < 1.29 is 0 Å². The van der Waals surface area contributed by atoms with Gasteiger partial charge in [-0.05, 0) is 25.2 Å². The number of aryl methyl sites for hydroxylation is 1. The van der Waals surface area contributed by atoms with E-state index in [1.807, 2.05) is 23.9 Å². The predicted octanol–water partition coefficient (Wildman–Crippen LogP) is 1.84. The first-order valence-electron chi connectivity index (χ1n) is 5.02. The number of hydrogen-bond donors (Lipinski definition) is 0. The maximum Gasteiger partial charge on any atom is 0.328 e. The van der Waals surface area contributed by atoms with Crippen molar-refractivity contribution in [3.05, 3.63) is 22.9 Å². The van der Waals surface area contributed by atoms with Gasteiger partial charge in [0.2, 0.25) is 0 Å². The van der Waals surface area contributed by atoms with Crippen LogP contribution in [0.2, 0.25) is 0 Å². The van der Waals surface area contributed by atoms with Gasteiger partial charge < -0.3 is 0 Å². The number of imidazole rings is 1. The Balaban J connectivity index is 2.17. The van der Waals surface area contributed by atoms with Gasteiger partial charge in [0.25, 0.3) is 0 Å². The van der Waals surface area contributed by atoms with Crippen LogP contribution in [0.5, 0.6) is 0 Å². The van der Waals surface area contributed by atoms with Crippen molar-refractivity contribution >= 4 is 15.9 Å². The first kappa shape index (κ1) is 10.0. The van der Waals surface area contributed by atoms with E-state index in [0.717, 1.165) is 18.4 Å². The average molecular weight is 259 g/mol. The molecule has 4 heteroatoms. The smallest absolute Gasteiger partial charge is 0.300 e. The number of hydrogen-bond acceptors (Lipinski definition) is 1. The Kier molecular flexibility index (Phi) is 2.56. The van der Waals surface area contributed by atoms with Crippen molar-refractivity contribution in [1.29, 1.82) is 0 Å². The van der Waals surface area contributed by atoms with E-state index in [0.29, 0.717) is 5.41 Å². The minimum atomic E-state index is 0.125. The maximum atomic E-state index is 11.7. The SMILES string of the molecule is CCn1ccn(CC2(CBr)CC2)c1=O. The van der Waals surface area contributed by atoms with Gasteiger partial charge >= 0.3 is 5.69 Å². The number of aromatic nitrogens is 2. The molecular weight excluding hydrogens is 244 g/mol. The predicted molar refractivity (Wildman–Crippen MR) is 59.8 cm³/mol. The molecule has 3 nitrogen and oxygen atoms in total. The molecule has 0 amide bonds. The lowest BCUT2D eigenvalue weighted by atomic mass is 10.1. The van der Waals surface area contributed by atoms with E-state index >= 15 is 0 Å². The van der Waals surface area contributed by atoms with Crippen LogP contribution in [0.1, 0.15) is 19.8 Å². The molecule has 1 aromatic heterocycles. The first-order valence-corrected chi connectivity index (χ1v) is 6.14. The summed E-state index contributed by atoms with van der Waals surface area (Å²) in [5.74, 6) is 0. The molecular formula is C10H15BrN2O. The number of rotatable bonds is 4. The lowest BCUT2D eigenvalue weighted by Gasteiger charge is -2.10. The van der Waals surface area contributed by atoms with E-state index in [2.05, 4.69) is 15.9 Å². The van der Waals surface area contributed by atoms with Crippen molar-refractivity contribution in [2.75, 3.05) is 5.33 Å². The summed E-state index contributed by atoms with van der Waals surface area (Å²) in [7, 11) is 0. The Bertz CT molecular complexity index is 376. The zero-order chi connectivity index (χ0) is 10.2. The third-order valence-electron chi connectivity index (χ3n) is 3.00. The van der Waals surface area contributed by atoms with E-state index < -0.39 is 0 Å². The second-order valence-electron chi connectivity index (χ2n) is 4.13. The fourth-order valence-corrected chi connectivity index (χ4v) is 2.42. The van der Waals surface area contributed by atoms with Crippen LogP contribution in [0.3, 0.4) is 0 Å². The number of alkyl halides is 1. The van der Waals surface area contributed by atoms with E-state index in [9.17, 15) is 4.79 Å². The Labute approximate surface area is 91.9 Å². The van der Waals surface area contributed by atoms with Gasteiger partial charge in [0.15, 0.2) is 0 Å². The van der Waals surface area contributed by atoms with Crippen molar-refractivity contribution in [2.24, 2.45) is 5.41 Å². The Morgan fingerprint density at radius 1 is 1.43 bits per heavy atom. The topological polar surface area (TPSA) is 26.9 Å². The van der Waals surface area contributed by atoms with E-state index in [4.69, 9.17) is 0 Å². The zero-order valence-electron chi connectivity index (χ0n) is 8.37. The largest absolute Gasteiger partial charge is 0.328 e. The molecule has 1 fully saturated rings. The molecule has 0 N–H and O–H groups in total. The third-order valence-corrected chi connectivity index (χ3v) is 4.19. The van der Waals surface area contributed by atoms with Gasteiger partial charge in [0, 0.05) is 30.8 Å². The summed E-state index contributed by atoms with van der Waals surface area (Å²) in [5.41, 5.74) is 0.490. The molecule has 1 aliphatic carbocycles. The van der Waals surface area contributed by atoms with Gasteiger partial charge in [-0.2, -0.15) is 0 Å². The highest BCUT2D eigenvalue weighted by Gasteiger charge is 2.42. The zero-order valence-corrected chi connectivity index (χ0v) is 9.96. The first-order chi connectivity index (χ1) is 6.71. The molecule has 0 saturated heterocycles. The second kappa shape index (κ2) is 3.57. The molecule has 14 heavy (non-hydrogen) atoms. The summed E-state index contributed by atoms with van der Waals surface area (Å²) in [6.07, 6.45) is 6.24. The lowest BCUT2D eigenvalue weighted by Crippen LogP contribution is -2.27. The normalized spacial score (nSPS) is 18.4. The molecule has 0 aliphatic heterocycles. The van der Waals surface area contributed by atoms with Crippen molar-refractivity contribution in [1.82, 2.24) is 9.13 Å². The molecule has 0 unspecified atom stereocenters. The van der Waals surface area contributed by atoms with Crippen LogP contribution in [0, 0.1) is 5.41 Å². The van der Waals surface area contributed by atoms with Crippen molar-refractivity contribution in [3.63, 3.8) is 0 Å². The maximum absolute atomic E-state index is 11.7. The highest BCUT2D eigenvalue weighted by Crippen LogP contribution is 2.48. The van der Waals surface area contributed by atoms with Gasteiger partial charge in [-0.25, -0.2) is 4.79 Å². The van der Waals surface area contributed by atoms with Crippen molar-refractivity contribution in [3.8, 4) is 0 Å². The molecule has 0 spiro atoms. The molecule has 2 rings (SSSR count). The summed E-state index contributed by atoms with van der Waals surface area (Å²) < 4.78 is 3.57. The van der Waals surface area contributed by atoms with E-state index in [1.54, 1.807) is 4.57 Å². The summed E-state index contributed by atoms with van der Waals surface area (Å²) in [6.45, 7) is 3.61. The highest BCUT2D eigenvalue weighted by molar-refractivity contribution is 9.09. The molecule has 1 aromatic rings. The van der Waals surface area contributed by atoms with Gasteiger partial charge in [0.05, 0.1) is 0 Å². The van der Waals surface area contributed by atoms with Gasteiger partial charge in [0.1, 0.15) is 0 Å². The average Bonchev–Trinajstić information content (AvgIpc) is 2.89. The van der Waals surface area contributed by atoms with Gasteiger partial charge in [-0.15, -0.1) is 0 Å². The number of nitrogens with zero attached hydrogens (tertiary/aromatic N) is 2. The standard InChI is InChI=1S/C10H15BrN2O/c1-2-12-5-6-13(9(12)14)8-10(7-11)3-4-10/h5-6H,2-4,7-8H2,1H3. The van der Waals surface area contributed by atoms with Crippen LogP contribution in [-0.2, 0) is 13.1 Å². The monoisotopic (exact) mass is 258 g/mol. The van der Waals surface area contributed by atoms with Crippen LogP contribution in [-0.4, -0.2) is 14.5 Å². The fraction of sp³-hybridized carbons (Fsp3) is 0.700. The Morgan fingerprint density at radius 3 is 2.50 bits per heavy atom. The minimum absolute atomic E-state index is 0.125. The molecule has 1 aliphatic rings. The summed E-state index contributed by atoms with van der Waals surface area (Å²) in [5, 5.41) is 1.00. The van der Waals surface area contributed by atoms with Crippen LogP contribution in [0.25, 0.3) is 0 Å². The molecule has 78 valence electrons. The molecule has 0 bridgehead atoms. The molecule has 1 heterocycles. The lowest BCUT2D eigenvalue weighted by molar-refractivity contribution is 0.460.